The number of hydrogen-bond donors (Lipinski definition) is 0. The molecule has 0 fully saturated rings. The highest BCUT2D eigenvalue weighted by molar-refractivity contribution is 5.69. The zero-order valence-electron chi connectivity index (χ0n) is 31.9. The second kappa shape index (κ2) is 36.6. The highest BCUT2D eigenvalue weighted by atomic mass is 16.6. The Balaban J connectivity index is 2.10. The van der Waals surface area contributed by atoms with E-state index in [-0.39, 0.29) is 12.1 Å². The molecule has 4 nitrogen and oxygen atoms in total. The first kappa shape index (κ1) is 44.4. The van der Waals surface area contributed by atoms with Crippen molar-refractivity contribution >= 4 is 5.97 Å². The monoisotopic (exact) mass is 671 g/mol. The molecule has 0 heterocycles. The topological polar surface area (TPSA) is 44.8 Å². The Bertz CT molecular complexity index is 807. The van der Waals surface area contributed by atoms with Crippen LogP contribution in [0.25, 0.3) is 0 Å². The Kier molecular flexibility index (Phi) is 33.9. The molecule has 1 atom stereocenters. The predicted octanol–water partition coefficient (Wildman–Crippen LogP) is 13.7. The molecule has 0 radical (unpaired) electrons. The van der Waals surface area contributed by atoms with Crippen LogP contribution in [0.15, 0.2) is 42.5 Å². The van der Waals surface area contributed by atoms with Crippen LogP contribution in [0.4, 0.5) is 0 Å². The number of hydrogen-bond acceptors (Lipinski definition) is 4. The molecule has 1 rings (SSSR count). The van der Waals surface area contributed by atoms with Crippen molar-refractivity contribution in [2.45, 2.75) is 206 Å². The molecule has 0 unspecified atom stereocenters. The van der Waals surface area contributed by atoms with Crippen LogP contribution in [0, 0.1) is 0 Å². The minimum Gasteiger partial charge on any atom is -0.457 e. The van der Waals surface area contributed by atoms with E-state index >= 15 is 0 Å². The number of benzene rings is 1. The van der Waals surface area contributed by atoms with E-state index in [4.69, 9.17) is 14.2 Å². The largest absolute Gasteiger partial charge is 0.457 e. The van der Waals surface area contributed by atoms with Gasteiger partial charge in [0.1, 0.15) is 6.10 Å². The number of rotatable bonds is 37. The van der Waals surface area contributed by atoms with Crippen LogP contribution >= 0.6 is 0 Å². The summed E-state index contributed by atoms with van der Waals surface area (Å²) in [4.78, 5) is 12.6. The van der Waals surface area contributed by atoms with E-state index in [0.29, 0.717) is 32.8 Å². The minimum absolute atomic E-state index is 0.118. The van der Waals surface area contributed by atoms with Crippen molar-refractivity contribution in [3.8, 4) is 0 Å². The second-order valence-electron chi connectivity index (χ2n) is 14.1. The van der Waals surface area contributed by atoms with Crippen LogP contribution in [-0.2, 0) is 25.6 Å². The van der Waals surface area contributed by atoms with Crippen LogP contribution in [0.5, 0.6) is 0 Å². The van der Waals surface area contributed by atoms with E-state index in [1.807, 2.05) is 18.2 Å². The van der Waals surface area contributed by atoms with E-state index < -0.39 is 0 Å². The van der Waals surface area contributed by atoms with Gasteiger partial charge in [-0.2, -0.15) is 0 Å². The average molecular weight is 671 g/mol. The molecule has 0 amide bonds. The SMILES string of the molecule is CCCCCCCC/C=C\CCCCCCCCOC[C@H](COCc1ccccc1)OC(=O)CCCCCCCCCCCCCCC. The van der Waals surface area contributed by atoms with E-state index in [0.717, 1.165) is 24.8 Å². The molecule has 0 N–H and O–H groups in total. The summed E-state index contributed by atoms with van der Waals surface area (Å²) in [6.07, 6.45) is 40.1. The summed E-state index contributed by atoms with van der Waals surface area (Å²) < 4.78 is 17.7. The summed E-state index contributed by atoms with van der Waals surface area (Å²) in [5.74, 6) is -0.118. The molecule has 1 aromatic rings. The molecule has 0 saturated heterocycles. The quantitative estimate of drug-likeness (QED) is 0.0401. The molecule has 4 heteroatoms. The number of unbranched alkanes of at least 4 members (excludes halogenated alkanes) is 24. The van der Waals surface area contributed by atoms with Crippen LogP contribution in [0.1, 0.15) is 199 Å². The Morgan fingerprint density at radius 3 is 1.50 bits per heavy atom. The number of allylic oxidation sites excluding steroid dienone is 2. The normalized spacial score (nSPS) is 12.2. The maximum atomic E-state index is 12.6. The second-order valence-corrected chi connectivity index (χ2v) is 14.1. The van der Waals surface area contributed by atoms with Crippen LogP contribution < -0.4 is 0 Å². The molecule has 1 aromatic carbocycles. The van der Waals surface area contributed by atoms with Gasteiger partial charge in [0.05, 0.1) is 19.8 Å². The van der Waals surface area contributed by atoms with E-state index in [2.05, 4.69) is 38.1 Å². The van der Waals surface area contributed by atoms with Gasteiger partial charge in [-0.15, -0.1) is 0 Å². The van der Waals surface area contributed by atoms with Crippen LogP contribution in [-0.4, -0.2) is 31.9 Å². The third-order valence-corrected chi connectivity index (χ3v) is 9.30. The number of carbonyl (C=O) groups is 1. The molecule has 0 bridgehead atoms. The summed E-state index contributed by atoms with van der Waals surface area (Å²) in [5, 5.41) is 0. The van der Waals surface area contributed by atoms with Gasteiger partial charge in [0.2, 0.25) is 0 Å². The fraction of sp³-hybridized carbons (Fsp3) is 0.795. The fourth-order valence-electron chi connectivity index (χ4n) is 6.20. The maximum absolute atomic E-state index is 12.6. The molecular weight excluding hydrogens is 592 g/mol. The lowest BCUT2D eigenvalue weighted by atomic mass is 10.0. The maximum Gasteiger partial charge on any atom is 0.306 e. The van der Waals surface area contributed by atoms with Gasteiger partial charge in [0.25, 0.3) is 0 Å². The molecule has 278 valence electrons. The zero-order chi connectivity index (χ0) is 34.4. The first-order valence-corrected chi connectivity index (χ1v) is 20.8. The van der Waals surface area contributed by atoms with Crippen molar-refractivity contribution in [3.63, 3.8) is 0 Å². The average Bonchev–Trinajstić information content (AvgIpc) is 3.10. The van der Waals surface area contributed by atoms with Gasteiger partial charge >= 0.3 is 5.97 Å². The summed E-state index contributed by atoms with van der Waals surface area (Å²) >= 11 is 0. The summed E-state index contributed by atoms with van der Waals surface area (Å²) in [7, 11) is 0. The fourth-order valence-corrected chi connectivity index (χ4v) is 6.20. The standard InChI is InChI=1S/C44H78O4/c1-3-5-7-9-11-13-15-17-18-19-21-23-25-27-29-34-38-46-40-43(41-47-39-42-35-31-30-32-36-42)48-44(45)37-33-28-26-24-22-20-16-14-12-10-8-6-4-2/h17-18,30-32,35-36,43H,3-16,19-29,33-34,37-41H2,1-2H3/b18-17-/t43-/m1/s1. The third-order valence-electron chi connectivity index (χ3n) is 9.30. The highest BCUT2D eigenvalue weighted by Crippen LogP contribution is 2.14. The van der Waals surface area contributed by atoms with E-state index in [9.17, 15) is 4.79 Å². The molecule has 0 aliphatic rings. The van der Waals surface area contributed by atoms with Crippen LogP contribution in [0.3, 0.4) is 0 Å². The minimum atomic E-state index is -0.350. The lowest BCUT2D eigenvalue weighted by molar-refractivity contribution is -0.156. The van der Waals surface area contributed by atoms with Gasteiger partial charge in [-0.1, -0.05) is 191 Å². The van der Waals surface area contributed by atoms with E-state index in [1.165, 1.54) is 154 Å². The molecule has 48 heavy (non-hydrogen) atoms. The first-order chi connectivity index (χ1) is 23.8. The summed E-state index contributed by atoms with van der Waals surface area (Å²) in [5.41, 5.74) is 1.12. The Hall–Kier alpha value is -1.65. The number of esters is 1. The number of carbonyl (C=O) groups excluding carboxylic acids is 1. The highest BCUT2D eigenvalue weighted by Gasteiger charge is 2.15. The molecule has 0 spiro atoms. The Labute approximate surface area is 298 Å². The van der Waals surface area contributed by atoms with Crippen molar-refractivity contribution in [1.29, 1.82) is 0 Å². The van der Waals surface area contributed by atoms with Crippen molar-refractivity contribution in [2.24, 2.45) is 0 Å². The van der Waals surface area contributed by atoms with Crippen molar-refractivity contribution in [1.82, 2.24) is 0 Å². The predicted molar refractivity (Wildman–Crippen MR) is 207 cm³/mol. The zero-order valence-corrected chi connectivity index (χ0v) is 31.9. The molecule has 0 saturated carbocycles. The van der Waals surface area contributed by atoms with Gasteiger partial charge in [0.15, 0.2) is 0 Å². The third kappa shape index (κ3) is 31.6. The summed E-state index contributed by atoms with van der Waals surface area (Å²) in [6, 6.07) is 10.2. The number of ether oxygens (including phenoxy) is 3. The molecular formula is C44H78O4. The molecule has 0 aromatic heterocycles. The lowest BCUT2D eigenvalue weighted by Gasteiger charge is -2.18. The Morgan fingerprint density at radius 1 is 0.542 bits per heavy atom. The van der Waals surface area contributed by atoms with Gasteiger partial charge in [-0.25, -0.2) is 0 Å². The lowest BCUT2D eigenvalue weighted by Crippen LogP contribution is -2.28. The molecule has 0 aliphatic carbocycles. The molecule has 0 aliphatic heterocycles. The Morgan fingerprint density at radius 2 is 0.979 bits per heavy atom. The smallest absolute Gasteiger partial charge is 0.306 e. The summed E-state index contributed by atoms with van der Waals surface area (Å²) in [6.45, 7) is 6.56. The van der Waals surface area contributed by atoms with Gasteiger partial charge in [0, 0.05) is 13.0 Å². The first-order valence-electron chi connectivity index (χ1n) is 20.8. The van der Waals surface area contributed by atoms with Gasteiger partial charge in [-0.05, 0) is 44.1 Å². The van der Waals surface area contributed by atoms with E-state index in [1.54, 1.807) is 0 Å². The van der Waals surface area contributed by atoms with Gasteiger partial charge < -0.3 is 14.2 Å². The van der Waals surface area contributed by atoms with Crippen molar-refractivity contribution < 1.29 is 19.0 Å². The van der Waals surface area contributed by atoms with Crippen molar-refractivity contribution in [3.05, 3.63) is 48.0 Å². The van der Waals surface area contributed by atoms with Crippen LogP contribution in [0.2, 0.25) is 0 Å². The van der Waals surface area contributed by atoms with Crippen molar-refractivity contribution in [2.75, 3.05) is 19.8 Å². The van der Waals surface area contributed by atoms with Gasteiger partial charge in [-0.3, -0.25) is 4.79 Å².